The first-order chi connectivity index (χ1) is 9.08. The molecular formula is C15H28N2O2. The fourth-order valence-corrected chi connectivity index (χ4v) is 3.09. The van der Waals surface area contributed by atoms with E-state index in [0.29, 0.717) is 23.9 Å². The van der Waals surface area contributed by atoms with E-state index in [1.165, 1.54) is 6.42 Å². The molecule has 19 heavy (non-hydrogen) atoms. The number of nitrogens with zero attached hydrogens (tertiary/aromatic N) is 1. The van der Waals surface area contributed by atoms with E-state index in [-0.39, 0.29) is 5.92 Å². The lowest BCUT2D eigenvalue weighted by Gasteiger charge is -2.35. The molecule has 2 unspecified atom stereocenters. The molecule has 0 radical (unpaired) electrons. The first-order valence-electron chi connectivity index (χ1n) is 7.70. The second-order valence-electron chi connectivity index (χ2n) is 6.33. The minimum Gasteiger partial charge on any atom is -0.381 e. The third kappa shape index (κ3) is 3.93. The number of hydrogen-bond donors (Lipinski definition) is 1. The molecule has 1 amide bonds. The summed E-state index contributed by atoms with van der Waals surface area (Å²) in [6.07, 6.45) is 3.34. The number of piperidine rings is 1. The predicted octanol–water partition coefficient (Wildman–Crippen LogP) is 1.65. The van der Waals surface area contributed by atoms with Crippen molar-refractivity contribution in [3.8, 4) is 0 Å². The molecule has 2 saturated heterocycles. The van der Waals surface area contributed by atoms with E-state index in [2.05, 4.69) is 12.2 Å². The summed E-state index contributed by atoms with van der Waals surface area (Å²) in [6, 6.07) is 1.09. The average molecular weight is 268 g/mol. The zero-order valence-corrected chi connectivity index (χ0v) is 12.5. The fraction of sp³-hybridized carbons (Fsp3) is 0.933. The van der Waals surface area contributed by atoms with Crippen LogP contribution in [0.15, 0.2) is 0 Å². The molecule has 2 heterocycles. The van der Waals surface area contributed by atoms with Gasteiger partial charge in [-0.3, -0.25) is 4.79 Å². The zero-order chi connectivity index (χ0) is 13.8. The SMILES string of the molecule is CC(C)C(=O)N1CCC(NC(C)C2CCOC2)CC1. The summed E-state index contributed by atoms with van der Waals surface area (Å²) in [5.74, 6) is 1.09. The highest BCUT2D eigenvalue weighted by Crippen LogP contribution is 2.19. The van der Waals surface area contributed by atoms with Crippen molar-refractivity contribution in [3.63, 3.8) is 0 Å². The summed E-state index contributed by atoms with van der Waals surface area (Å²) >= 11 is 0. The molecule has 4 nitrogen and oxygen atoms in total. The molecule has 0 bridgehead atoms. The van der Waals surface area contributed by atoms with Crippen LogP contribution in [-0.2, 0) is 9.53 Å². The molecule has 2 aliphatic rings. The smallest absolute Gasteiger partial charge is 0.225 e. The highest BCUT2D eigenvalue weighted by molar-refractivity contribution is 5.78. The lowest BCUT2D eigenvalue weighted by molar-refractivity contribution is -0.135. The number of ether oxygens (including phenoxy) is 1. The predicted molar refractivity (Wildman–Crippen MR) is 76.0 cm³/mol. The largest absolute Gasteiger partial charge is 0.381 e. The van der Waals surface area contributed by atoms with Gasteiger partial charge >= 0.3 is 0 Å². The molecule has 0 saturated carbocycles. The van der Waals surface area contributed by atoms with E-state index in [4.69, 9.17) is 4.74 Å². The average Bonchev–Trinajstić information content (AvgIpc) is 2.92. The topological polar surface area (TPSA) is 41.6 Å². The Balaban J connectivity index is 1.72. The molecule has 1 N–H and O–H groups in total. The quantitative estimate of drug-likeness (QED) is 0.843. The van der Waals surface area contributed by atoms with Crippen molar-refractivity contribution >= 4 is 5.91 Å². The molecule has 2 aliphatic heterocycles. The highest BCUT2D eigenvalue weighted by atomic mass is 16.5. The summed E-state index contributed by atoms with van der Waals surface area (Å²) in [4.78, 5) is 13.9. The number of rotatable bonds is 4. The Kier molecular flexibility index (Phi) is 5.22. The second kappa shape index (κ2) is 6.71. The summed E-state index contributed by atoms with van der Waals surface area (Å²) in [7, 11) is 0. The van der Waals surface area contributed by atoms with Crippen molar-refractivity contribution < 1.29 is 9.53 Å². The van der Waals surface area contributed by atoms with Crippen LogP contribution in [0.2, 0.25) is 0 Å². The van der Waals surface area contributed by atoms with Crippen LogP contribution in [0.3, 0.4) is 0 Å². The Bertz CT molecular complexity index is 293. The Morgan fingerprint density at radius 2 is 1.89 bits per heavy atom. The van der Waals surface area contributed by atoms with Gasteiger partial charge in [-0.05, 0) is 32.1 Å². The van der Waals surface area contributed by atoms with Crippen LogP contribution in [0.4, 0.5) is 0 Å². The molecule has 0 aliphatic carbocycles. The van der Waals surface area contributed by atoms with Crippen molar-refractivity contribution in [2.75, 3.05) is 26.3 Å². The van der Waals surface area contributed by atoms with E-state index >= 15 is 0 Å². The summed E-state index contributed by atoms with van der Waals surface area (Å²) in [5, 5.41) is 3.73. The summed E-state index contributed by atoms with van der Waals surface area (Å²) in [6.45, 7) is 9.86. The van der Waals surface area contributed by atoms with E-state index in [1.54, 1.807) is 0 Å². The second-order valence-corrected chi connectivity index (χ2v) is 6.33. The van der Waals surface area contributed by atoms with Crippen LogP contribution in [0.5, 0.6) is 0 Å². The van der Waals surface area contributed by atoms with Gasteiger partial charge in [0, 0.05) is 37.7 Å². The van der Waals surface area contributed by atoms with Crippen LogP contribution in [0.25, 0.3) is 0 Å². The highest BCUT2D eigenvalue weighted by Gasteiger charge is 2.28. The van der Waals surface area contributed by atoms with Crippen LogP contribution >= 0.6 is 0 Å². The van der Waals surface area contributed by atoms with Crippen molar-refractivity contribution in [2.24, 2.45) is 11.8 Å². The lowest BCUT2D eigenvalue weighted by Crippen LogP contribution is -2.49. The van der Waals surface area contributed by atoms with Crippen molar-refractivity contribution in [1.82, 2.24) is 10.2 Å². The number of nitrogens with one attached hydrogen (secondary N) is 1. The summed E-state index contributed by atoms with van der Waals surface area (Å²) < 4.78 is 5.45. The van der Waals surface area contributed by atoms with Gasteiger partial charge in [0.25, 0.3) is 0 Å². The molecule has 2 atom stereocenters. The van der Waals surface area contributed by atoms with Gasteiger partial charge in [0.15, 0.2) is 0 Å². The Hall–Kier alpha value is -0.610. The maximum Gasteiger partial charge on any atom is 0.225 e. The fourth-order valence-electron chi connectivity index (χ4n) is 3.09. The number of carbonyl (C=O) groups is 1. The van der Waals surface area contributed by atoms with E-state index < -0.39 is 0 Å². The normalized spacial score (nSPS) is 26.9. The number of likely N-dealkylation sites (tertiary alicyclic amines) is 1. The van der Waals surface area contributed by atoms with Crippen LogP contribution in [0, 0.1) is 11.8 Å². The van der Waals surface area contributed by atoms with E-state index in [1.807, 2.05) is 18.7 Å². The Morgan fingerprint density at radius 1 is 1.21 bits per heavy atom. The number of carbonyl (C=O) groups excluding carboxylic acids is 1. The standard InChI is InChI=1S/C15H28N2O2/c1-11(2)15(18)17-7-4-14(5-8-17)16-12(3)13-6-9-19-10-13/h11-14,16H,4-10H2,1-3H3. The minimum atomic E-state index is 0.124. The Labute approximate surface area is 116 Å². The summed E-state index contributed by atoms with van der Waals surface area (Å²) in [5.41, 5.74) is 0. The van der Waals surface area contributed by atoms with Gasteiger partial charge in [-0.2, -0.15) is 0 Å². The van der Waals surface area contributed by atoms with Gasteiger partial charge in [0.2, 0.25) is 5.91 Å². The van der Waals surface area contributed by atoms with E-state index in [0.717, 1.165) is 39.1 Å². The monoisotopic (exact) mass is 268 g/mol. The first kappa shape index (κ1) is 14.8. The van der Waals surface area contributed by atoms with Crippen LogP contribution in [0.1, 0.15) is 40.0 Å². The van der Waals surface area contributed by atoms with Gasteiger partial charge < -0.3 is 15.0 Å². The molecule has 2 rings (SSSR count). The molecule has 2 fully saturated rings. The molecule has 110 valence electrons. The van der Waals surface area contributed by atoms with E-state index in [9.17, 15) is 4.79 Å². The maximum absolute atomic E-state index is 11.9. The van der Waals surface area contributed by atoms with Crippen molar-refractivity contribution in [3.05, 3.63) is 0 Å². The maximum atomic E-state index is 11.9. The van der Waals surface area contributed by atoms with Crippen molar-refractivity contribution in [2.45, 2.75) is 52.1 Å². The molecule has 0 aromatic heterocycles. The Morgan fingerprint density at radius 3 is 2.42 bits per heavy atom. The van der Waals surface area contributed by atoms with Gasteiger partial charge in [-0.25, -0.2) is 0 Å². The lowest BCUT2D eigenvalue weighted by atomic mass is 9.97. The van der Waals surface area contributed by atoms with Crippen molar-refractivity contribution in [1.29, 1.82) is 0 Å². The molecule has 0 aromatic carbocycles. The molecular weight excluding hydrogens is 240 g/mol. The molecule has 0 aromatic rings. The number of amides is 1. The van der Waals surface area contributed by atoms with Crippen LogP contribution < -0.4 is 5.32 Å². The zero-order valence-electron chi connectivity index (χ0n) is 12.5. The van der Waals surface area contributed by atoms with Gasteiger partial charge in [-0.1, -0.05) is 13.8 Å². The number of hydrogen-bond acceptors (Lipinski definition) is 3. The molecule has 4 heteroatoms. The van der Waals surface area contributed by atoms with Crippen LogP contribution in [-0.4, -0.2) is 49.2 Å². The third-order valence-corrected chi connectivity index (χ3v) is 4.47. The van der Waals surface area contributed by atoms with Gasteiger partial charge in [0.05, 0.1) is 6.61 Å². The van der Waals surface area contributed by atoms with Gasteiger partial charge in [0.1, 0.15) is 0 Å². The first-order valence-corrected chi connectivity index (χ1v) is 7.70. The molecule has 0 spiro atoms. The minimum absolute atomic E-state index is 0.124. The van der Waals surface area contributed by atoms with Gasteiger partial charge in [-0.15, -0.1) is 0 Å². The third-order valence-electron chi connectivity index (χ3n) is 4.47.